The lowest BCUT2D eigenvalue weighted by Gasteiger charge is -2.37. The number of rotatable bonds is 2. The first kappa shape index (κ1) is 11.3. The summed E-state index contributed by atoms with van der Waals surface area (Å²) in [7, 11) is 3.67. The predicted molar refractivity (Wildman–Crippen MR) is 64.1 cm³/mol. The highest BCUT2D eigenvalue weighted by molar-refractivity contribution is 5.44. The molecular formula is C13H19NO2. The molecule has 0 saturated heterocycles. The van der Waals surface area contributed by atoms with E-state index in [-0.39, 0.29) is 5.60 Å². The Morgan fingerprint density at radius 2 is 2.19 bits per heavy atom. The molecule has 1 N–H and O–H groups in total. The van der Waals surface area contributed by atoms with Gasteiger partial charge < -0.3 is 14.8 Å². The van der Waals surface area contributed by atoms with Crippen molar-refractivity contribution in [3.63, 3.8) is 0 Å². The second kappa shape index (κ2) is 3.98. The largest absolute Gasteiger partial charge is 0.497 e. The van der Waals surface area contributed by atoms with E-state index in [2.05, 4.69) is 19.2 Å². The summed E-state index contributed by atoms with van der Waals surface area (Å²) in [6.07, 6.45) is 0.962. The van der Waals surface area contributed by atoms with Crippen LogP contribution in [0.2, 0.25) is 0 Å². The van der Waals surface area contributed by atoms with Gasteiger partial charge in [0.15, 0.2) is 0 Å². The van der Waals surface area contributed by atoms with Crippen LogP contribution in [0, 0.1) is 0 Å². The minimum absolute atomic E-state index is 0.116. The van der Waals surface area contributed by atoms with Gasteiger partial charge in [-0.3, -0.25) is 0 Å². The van der Waals surface area contributed by atoms with Crippen molar-refractivity contribution in [3.05, 3.63) is 23.8 Å². The molecule has 1 aliphatic heterocycles. The van der Waals surface area contributed by atoms with Crippen LogP contribution in [-0.2, 0) is 0 Å². The van der Waals surface area contributed by atoms with E-state index in [4.69, 9.17) is 9.47 Å². The fourth-order valence-corrected chi connectivity index (χ4v) is 2.22. The highest BCUT2D eigenvalue weighted by Crippen LogP contribution is 2.40. The molecule has 2 rings (SSSR count). The first-order valence-corrected chi connectivity index (χ1v) is 5.60. The van der Waals surface area contributed by atoms with Gasteiger partial charge in [-0.05, 0) is 39.1 Å². The summed E-state index contributed by atoms with van der Waals surface area (Å²) >= 11 is 0. The van der Waals surface area contributed by atoms with Gasteiger partial charge in [0.2, 0.25) is 0 Å². The summed E-state index contributed by atoms with van der Waals surface area (Å²) in [5.74, 6) is 1.83. The highest BCUT2D eigenvalue weighted by Gasteiger charge is 2.33. The number of hydrogen-bond donors (Lipinski definition) is 1. The Bertz CT molecular complexity index is 388. The fraction of sp³-hybridized carbons (Fsp3) is 0.538. The predicted octanol–water partition coefficient (Wildman–Crippen LogP) is 2.52. The van der Waals surface area contributed by atoms with Crippen LogP contribution in [0.25, 0.3) is 0 Å². The highest BCUT2D eigenvalue weighted by atomic mass is 16.5. The maximum absolute atomic E-state index is 5.96. The Balaban J connectivity index is 2.42. The first-order valence-electron chi connectivity index (χ1n) is 5.60. The van der Waals surface area contributed by atoms with Crippen LogP contribution in [0.4, 0.5) is 0 Å². The lowest BCUT2D eigenvalue weighted by molar-refractivity contribution is 0.0673. The number of hydrogen-bond acceptors (Lipinski definition) is 3. The van der Waals surface area contributed by atoms with Gasteiger partial charge in [0, 0.05) is 18.0 Å². The summed E-state index contributed by atoms with van der Waals surface area (Å²) in [5.41, 5.74) is 1.07. The summed E-state index contributed by atoms with van der Waals surface area (Å²) < 4.78 is 11.2. The molecule has 1 aromatic carbocycles. The van der Waals surface area contributed by atoms with Gasteiger partial charge in [-0.15, -0.1) is 0 Å². The molecule has 0 saturated carbocycles. The Morgan fingerprint density at radius 1 is 1.44 bits per heavy atom. The van der Waals surface area contributed by atoms with Crippen molar-refractivity contribution in [1.29, 1.82) is 0 Å². The summed E-state index contributed by atoms with van der Waals surface area (Å²) in [4.78, 5) is 0. The van der Waals surface area contributed by atoms with Crippen molar-refractivity contribution < 1.29 is 9.47 Å². The van der Waals surface area contributed by atoms with E-state index in [0.717, 1.165) is 17.9 Å². The van der Waals surface area contributed by atoms with E-state index in [0.29, 0.717) is 6.04 Å². The van der Waals surface area contributed by atoms with Gasteiger partial charge in [0.1, 0.15) is 17.1 Å². The molecule has 1 aliphatic rings. The Kier molecular flexibility index (Phi) is 2.80. The lowest BCUT2D eigenvalue weighted by Crippen LogP contribution is -2.38. The minimum Gasteiger partial charge on any atom is -0.497 e. The van der Waals surface area contributed by atoms with Crippen molar-refractivity contribution in [2.24, 2.45) is 0 Å². The monoisotopic (exact) mass is 221 g/mol. The van der Waals surface area contributed by atoms with Crippen LogP contribution in [-0.4, -0.2) is 19.8 Å². The minimum atomic E-state index is -0.116. The SMILES string of the molecule is CNC1CC(C)(C)Oc2ccc(OC)cc21. The molecule has 0 aromatic heterocycles. The van der Waals surface area contributed by atoms with Gasteiger partial charge >= 0.3 is 0 Å². The maximum atomic E-state index is 5.96. The quantitative estimate of drug-likeness (QED) is 0.832. The molecule has 88 valence electrons. The van der Waals surface area contributed by atoms with E-state index >= 15 is 0 Å². The maximum Gasteiger partial charge on any atom is 0.125 e. The van der Waals surface area contributed by atoms with Crippen LogP contribution >= 0.6 is 0 Å². The molecule has 1 unspecified atom stereocenters. The molecule has 3 heteroatoms. The number of ether oxygens (including phenoxy) is 2. The van der Waals surface area contributed by atoms with Gasteiger partial charge in [0.25, 0.3) is 0 Å². The molecule has 1 atom stereocenters. The summed E-state index contributed by atoms with van der Waals surface area (Å²) in [6.45, 7) is 4.23. The Hall–Kier alpha value is -1.22. The summed E-state index contributed by atoms with van der Waals surface area (Å²) in [5, 5.41) is 3.33. The van der Waals surface area contributed by atoms with Crippen molar-refractivity contribution in [3.8, 4) is 11.5 Å². The fourth-order valence-electron chi connectivity index (χ4n) is 2.22. The van der Waals surface area contributed by atoms with Gasteiger partial charge in [0.05, 0.1) is 7.11 Å². The van der Waals surface area contributed by atoms with Gasteiger partial charge in [-0.25, -0.2) is 0 Å². The smallest absolute Gasteiger partial charge is 0.125 e. The number of methoxy groups -OCH3 is 1. The zero-order valence-corrected chi connectivity index (χ0v) is 10.3. The van der Waals surface area contributed by atoms with Crippen LogP contribution in [0.15, 0.2) is 18.2 Å². The molecule has 0 fully saturated rings. The van der Waals surface area contributed by atoms with Crippen LogP contribution in [0.5, 0.6) is 11.5 Å². The molecule has 1 heterocycles. The Labute approximate surface area is 96.8 Å². The molecule has 1 aromatic rings. The third-order valence-electron chi connectivity index (χ3n) is 3.02. The lowest BCUT2D eigenvalue weighted by atomic mass is 9.90. The van der Waals surface area contributed by atoms with E-state index in [1.807, 2.05) is 25.2 Å². The standard InChI is InChI=1S/C13H19NO2/c1-13(2)8-11(14-3)10-7-9(15-4)5-6-12(10)16-13/h5-7,11,14H,8H2,1-4H3. The van der Waals surface area contributed by atoms with Crippen molar-refractivity contribution in [1.82, 2.24) is 5.32 Å². The average molecular weight is 221 g/mol. The molecule has 0 amide bonds. The third kappa shape index (κ3) is 2.00. The number of benzene rings is 1. The van der Waals surface area contributed by atoms with E-state index < -0.39 is 0 Å². The second-order valence-electron chi connectivity index (χ2n) is 4.81. The van der Waals surface area contributed by atoms with E-state index in [1.165, 1.54) is 5.56 Å². The van der Waals surface area contributed by atoms with Gasteiger partial charge in [-0.1, -0.05) is 0 Å². The van der Waals surface area contributed by atoms with Gasteiger partial charge in [-0.2, -0.15) is 0 Å². The zero-order valence-electron chi connectivity index (χ0n) is 10.3. The summed E-state index contributed by atoms with van der Waals surface area (Å²) in [6, 6.07) is 6.30. The molecule has 0 radical (unpaired) electrons. The molecule has 0 spiro atoms. The topological polar surface area (TPSA) is 30.5 Å². The third-order valence-corrected chi connectivity index (χ3v) is 3.02. The second-order valence-corrected chi connectivity index (χ2v) is 4.81. The molecule has 16 heavy (non-hydrogen) atoms. The van der Waals surface area contributed by atoms with Crippen LogP contribution in [0.3, 0.4) is 0 Å². The Morgan fingerprint density at radius 3 is 2.81 bits per heavy atom. The average Bonchev–Trinajstić information content (AvgIpc) is 2.26. The molecule has 0 bridgehead atoms. The van der Waals surface area contributed by atoms with Crippen molar-refractivity contribution in [2.45, 2.75) is 31.9 Å². The number of nitrogens with one attached hydrogen (secondary N) is 1. The van der Waals surface area contributed by atoms with Crippen molar-refractivity contribution >= 4 is 0 Å². The van der Waals surface area contributed by atoms with E-state index in [9.17, 15) is 0 Å². The zero-order chi connectivity index (χ0) is 11.8. The molecule has 0 aliphatic carbocycles. The first-order chi connectivity index (χ1) is 7.55. The van der Waals surface area contributed by atoms with Crippen molar-refractivity contribution in [2.75, 3.05) is 14.2 Å². The normalized spacial score (nSPS) is 22.1. The molecule has 3 nitrogen and oxygen atoms in total. The van der Waals surface area contributed by atoms with E-state index in [1.54, 1.807) is 7.11 Å². The number of fused-ring (bicyclic) bond motifs is 1. The van der Waals surface area contributed by atoms with Crippen LogP contribution < -0.4 is 14.8 Å². The van der Waals surface area contributed by atoms with Crippen LogP contribution in [0.1, 0.15) is 31.9 Å². The molecular weight excluding hydrogens is 202 g/mol.